The average Bonchev–Trinajstić information content (AvgIpc) is 3.09. The number of fused-ring (bicyclic) bond motifs is 1. The number of aryl methyl sites for hydroxylation is 1. The van der Waals surface area contributed by atoms with Crippen LogP contribution in [0.2, 0.25) is 0 Å². The maximum Gasteiger partial charge on any atom is 0.340 e. The molecule has 1 aromatic carbocycles. The topological polar surface area (TPSA) is 103 Å². The lowest BCUT2D eigenvalue weighted by molar-refractivity contribution is -0.123. The number of carbonyl (C=O) groups is 2. The first-order valence-corrected chi connectivity index (χ1v) is 9.97. The molecule has 3 rings (SSSR count). The van der Waals surface area contributed by atoms with Crippen molar-refractivity contribution >= 4 is 33.9 Å². The maximum atomic E-state index is 12.6. The van der Waals surface area contributed by atoms with Crippen molar-refractivity contribution in [3.8, 4) is 0 Å². The first-order chi connectivity index (χ1) is 13.7. The number of esters is 1. The Hall–Kier alpha value is -3.07. The van der Waals surface area contributed by atoms with Crippen LogP contribution in [0.5, 0.6) is 0 Å². The van der Waals surface area contributed by atoms with E-state index >= 15 is 0 Å². The van der Waals surface area contributed by atoms with Crippen molar-refractivity contribution in [3.63, 3.8) is 0 Å². The number of ether oxygens (including phenoxy) is 1. The van der Waals surface area contributed by atoms with Crippen LogP contribution < -0.4 is 10.9 Å². The summed E-state index contributed by atoms with van der Waals surface area (Å²) < 4.78 is 6.58. The number of nitrogens with zero attached hydrogens (tertiary/aromatic N) is 3. The van der Waals surface area contributed by atoms with E-state index in [0.717, 1.165) is 5.01 Å². The molecule has 2 heterocycles. The van der Waals surface area contributed by atoms with Crippen molar-refractivity contribution in [2.24, 2.45) is 5.41 Å². The van der Waals surface area contributed by atoms with Crippen molar-refractivity contribution in [1.29, 1.82) is 0 Å². The van der Waals surface area contributed by atoms with Gasteiger partial charge >= 0.3 is 5.97 Å². The van der Waals surface area contributed by atoms with Gasteiger partial charge in [-0.2, -0.15) is 9.61 Å². The highest BCUT2D eigenvalue weighted by molar-refractivity contribution is 7.16. The second-order valence-electron chi connectivity index (χ2n) is 7.46. The van der Waals surface area contributed by atoms with Gasteiger partial charge in [-0.3, -0.25) is 9.59 Å². The van der Waals surface area contributed by atoms with Gasteiger partial charge in [0.2, 0.25) is 10.9 Å². The Bertz CT molecular complexity index is 1130. The second-order valence-corrected chi connectivity index (χ2v) is 8.50. The molecule has 2 aromatic heterocycles. The van der Waals surface area contributed by atoms with Crippen molar-refractivity contribution in [2.75, 3.05) is 5.32 Å². The van der Waals surface area contributed by atoms with Gasteiger partial charge in [0.1, 0.15) is 11.6 Å². The number of benzene rings is 1. The molecule has 0 aliphatic heterocycles. The smallest absolute Gasteiger partial charge is 0.340 e. The van der Waals surface area contributed by atoms with E-state index in [2.05, 4.69) is 15.4 Å². The molecule has 0 saturated heterocycles. The van der Waals surface area contributed by atoms with Crippen LogP contribution in [0.25, 0.3) is 4.96 Å². The third kappa shape index (κ3) is 4.68. The van der Waals surface area contributed by atoms with Crippen molar-refractivity contribution in [3.05, 3.63) is 57.0 Å². The van der Waals surface area contributed by atoms with Gasteiger partial charge in [0.05, 0.1) is 16.9 Å². The molecule has 0 fully saturated rings. The summed E-state index contributed by atoms with van der Waals surface area (Å²) in [5.74, 6) is -0.829. The third-order valence-corrected chi connectivity index (χ3v) is 5.12. The highest BCUT2D eigenvalue weighted by Crippen LogP contribution is 2.21. The molecule has 0 atom stereocenters. The first-order valence-electron chi connectivity index (χ1n) is 9.15. The molecule has 8 nitrogen and oxygen atoms in total. The van der Waals surface area contributed by atoms with Crippen LogP contribution in [0, 0.1) is 5.41 Å². The molecule has 0 saturated carbocycles. The minimum Gasteiger partial charge on any atom is -0.456 e. The van der Waals surface area contributed by atoms with Gasteiger partial charge in [0.15, 0.2) is 0 Å². The Morgan fingerprint density at radius 3 is 2.66 bits per heavy atom. The van der Waals surface area contributed by atoms with E-state index in [9.17, 15) is 14.4 Å². The van der Waals surface area contributed by atoms with Gasteiger partial charge in [0.25, 0.3) is 5.56 Å². The summed E-state index contributed by atoms with van der Waals surface area (Å²) in [6, 6.07) is 7.92. The molecule has 0 radical (unpaired) electrons. The highest BCUT2D eigenvalue weighted by atomic mass is 32.1. The van der Waals surface area contributed by atoms with E-state index in [0.29, 0.717) is 22.8 Å². The summed E-state index contributed by atoms with van der Waals surface area (Å²) in [5, 5.41) is 7.74. The van der Waals surface area contributed by atoms with E-state index < -0.39 is 11.4 Å². The van der Waals surface area contributed by atoms with E-state index in [4.69, 9.17) is 4.74 Å². The average molecular weight is 414 g/mol. The van der Waals surface area contributed by atoms with E-state index in [1.54, 1.807) is 45.0 Å². The number of rotatable bonds is 5. The zero-order valence-electron chi connectivity index (χ0n) is 16.7. The number of para-hydroxylation sites is 1. The molecule has 0 unspecified atom stereocenters. The zero-order chi connectivity index (χ0) is 21.2. The van der Waals surface area contributed by atoms with Crippen molar-refractivity contribution in [1.82, 2.24) is 14.6 Å². The largest absolute Gasteiger partial charge is 0.456 e. The predicted molar refractivity (Wildman–Crippen MR) is 110 cm³/mol. The summed E-state index contributed by atoms with van der Waals surface area (Å²) in [4.78, 5) is 41.8. The highest BCUT2D eigenvalue weighted by Gasteiger charge is 2.23. The van der Waals surface area contributed by atoms with Gasteiger partial charge in [-0.05, 0) is 18.6 Å². The SMILES string of the molecule is CCc1nn2c(=O)cc(COC(=O)c3ccccc3NC(=O)C(C)(C)C)nc2s1. The van der Waals surface area contributed by atoms with Crippen LogP contribution in [0.15, 0.2) is 35.1 Å². The number of hydrogen-bond acceptors (Lipinski definition) is 7. The van der Waals surface area contributed by atoms with Crippen LogP contribution >= 0.6 is 11.3 Å². The molecule has 0 bridgehead atoms. The summed E-state index contributed by atoms with van der Waals surface area (Å²) >= 11 is 1.32. The minimum absolute atomic E-state index is 0.161. The van der Waals surface area contributed by atoms with Gasteiger partial charge in [-0.25, -0.2) is 9.78 Å². The van der Waals surface area contributed by atoms with Crippen LogP contribution in [0.3, 0.4) is 0 Å². The monoisotopic (exact) mass is 414 g/mol. The molecular weight excluding hydrogens is 392 g/mol. The molecule has 0 aliphatic rings. The summed E-state index contributed by atoms with van der Waals surface area (Å²) in [6.45, 7) is 7.14. The fraction of sp³-hybridized carbons (Fsp3) is 0.350. The summed E-state index contributed by atoms with van der Waals surface area (Å²) in [7, 11) is 0. The molecule has 1 N–H and O–H groups in total. The number of nitrogens with one attached hydrogen (secondary N) is 1. The number of anilines is 1. The Labute approximate surface area is 171 Å². The normalized spacial score (nSPS) is 11.4. The quantitative estimate of drug-likeness (QED) is 0.644. The van der Waals surface area contributed by atoms with Gasteiger partial charge in [-0.1, -0.05) is 51.2 Å². The standard InChI is InChI=1S/C20H22N4O4S/c1-5-15-23-24-16(25)10-12(21-19(24)29-15)11-28-17(26)13-8-6-7-9-14(13)22-18(27)20(2,3)4/h6-10H,5,11H2,1-4H3,(H,22,27). The van der Waals surface area contributed by atoms with Gasteiger partial charge < -0.3 is 10.1 Å². The van der Waals surface area contributed by atoms with Crippen LogP contribution in [0.4, 0.5) is 5.69 Å². The molecule has 29 heavy (non-hydrogen) atoms. The molecule has 152 valence electrons. The molecule has 0 spiro atoms. The summed E-state index contributed by atoms with van der Waals surface area (Å²) in [6.07, 6.45) is 0.703. The zero-order valence-corrected chi connectivity index (χ0v) is 17.5. The minimum atomic E-state index is -0.615. The van der Waals surface area contributed by atoms with Crippen LogP contribution in [0.1, 0.15) is 48.8 Å². The Kier molecular flexibility index (Phi) is 5.78. The molecule has 9 heteroatoms. The van der Waals surface area contributed by atoms with E-state index in [-0.39, 0.29) is 23.6 Å². The lowest BCUT2D eigenvalue weighted by Gasteiger charge is -2.19. The number of carbonyl (C=O) groups excluding carboxylic acids is 2. The lowest BCUT2D eigenvalue weighted by atomic mass is 9.95. The fourth-order valence-electron chi connectivity index (χ4n) is 2.41. The number of hydrogen-bond donors (Lipinski definition) is 1. The Morgan fingerprint density at radius 1 is 1.24 bits per heavy atom. The Balaban J connectivity index is 1.77. The van der Waals surface area contributed by atoms with Crippen LogP contribution in [-0.2, 0) is 22.6 Å². The summed E-state index contributed by atoms with van der Waals surface area (Å²) in [5.41, 5.74) is 0.00978. The third-order valence-electron chi connectivity index (χ3n) is 4.07. The molecule has 1 amide bonds. The van der Waals surface area contributed by atoms with Gasteiger partial charge in [0, 0.05) is 11.5 Å². The van der Waals surface area contributed by atoms with Gasteiger partial charge in [-0.15, -0.1) is 0 Å². The van der Waals surface area contributed by atoms with Crippen molar-refractivity contribution in [2.45, 2.75) is 40.7 Å². The fourth-order valence-corrected chi connectivity index (χ4v) is 3.27. The predicted octanol–water partition coefficient (Wildman–Crippen LogP) is 3.06. The molecule has 0 aliphatic carbocycles. The first kappa shape index (κ1) is 20.7. The van der Waals surface area contributed by atoms with Crippen LogP contribution in [-0.4, -0.2) is 26.5 Å². The molecular formula is C20H22N4O4S. The number of amides is 1. The lowest BCUT2D eigenvalue weighted by Crippen LogP contribution is -2.28. The second kappa shape index (κ2) is 8.12. The maximum absolute atomic E-state index is 12.6. The Morgan fingerprint density at radius 2 is 1.97 bits per heavy atom. The number of aromatic nitrogens is 3. The molecule has 3 aromatic rings. The van der Waals surface area contributed by atoms with Crippen molar-refractivity contribution < 1.29 is 14.3 Å². The van der Waals surface area contributed by atoms with E-state index in [1.165, 1.54) is 21.9 Å². The van der Waals surface area contributed by atoms with E-state index in [1.807, 2.05) is 6.92 Å².